The Hall–Kier alpha value is -1.51. The molecule has 3 heteroatoms. The summed E-state index contributed by atoms with van der Waals surface area (Å²) in [5, 5.41) is 8.13. The number of hydrogen-bond donors (Lipinski definition) is 1. The van der Waals surface area contributed by atoms with Crippen LogP contribution in [0.3, 0.4) is 0 Å². The lowest BCUT2D eigenvalue weighted by Crippen LogP contribution is -2.36. The summed E-state index contributed by atoms with van der Waals surface area (Å²) in [6, 6.07) is 7.99. The van der Waals surface area contributed by atoms with Crippen molar-refractivity contribution in [3.63, 3.8) is 0 Å². The lowest BCUT2D eigenvalue weighted by Gasteiger charge is -2.29. The molecule has 0 saturated carbocycles. The lowest BCUT2D eigenvalue weighted by molar-refractivity contribution is 0.336. The minimum Gasteiger partial charge on any atom is -0.497 e. The second-order valence-corrected chi connectivity index (χ2v) is 4.52. The number of nitrogens with zero attached hydrogens (tertiary/aromatic N) is 1. The molecule has 17 heavy (non-hydrogen) atoms. The summed E-state index contributed by atoms with van der Waals surface area (Å²) in [7, 11) is 1.68. The quantitative estimate of drug-likeness (QED) is 0.642. The maximum atomic E-state index is 8.13. The van der Waals surface area contributed by atoms with Crippen molar-refractivity contribution in [1.29, 1.82) is 5.41 Å². The third-order valence-electron chi connectivity index (χ3n) is 3.24. The number of rotatable bonds is 3. The highest BCUT2D eigenvalue weighted by atomic mass is 16.5. The second kappa shape index (κ2) is 5.71. The minimum absolute atomic E-state index is 0.706. The number of likely N-dealkylation sites (tertiary alicyclic amines) is 1. The maximum absolute atomic E-state index is 8.13. The van der Waals surface area contributed by atoms with Gasteiger partial charge in [0.05, 0.1) is 7.11 Å². The Morgan fingerprint density at radius 1 is 1.29 bits per heavy atom. The molecule has 1 N–H and O–H groups in total. The van der Waals surface area contributed by atoms with Crippen molar-refractivity contribution >= 4 is 5.84 Å². The van der Waals surface area contributed by atoms with Crippen LogP contribution in [-0.2, 0) is 6.42 Å². The van der Waals surface area contributed by atoms with E-state index in [2.05, 4.69) is 11.0 Å². The van der Waals surface area contributed by atoms with Gasteiger partial charge in [0.15, 0.2) is 0 Å². The number of amidine groups is 1. The van der Waals surface area contributed by atoms with Crippen molar-refractivity contribution in [3.05, 3.63) is 29.8 Å². The molecule has 2 rings (SSSR count). The fraction of sp³-hybridized carbons (Fsp3) is 0.500. The molecule has 92 valence electrons. The molecule has 1 fully saturated rings. The zero-order valence-corrected chi connectivity index (χ0v) is 10.4. The van der Waals surface area contributed by atoms with E-state index in [0.29, 0.717) is 6.42 Å². The summed E-state index contributed by atoms with van der Waals surface area (Å²) in [5.74, 6) is 1.60. The van der Waals surface area contributed by atoms with Gasteiger partial charge in [0.2, 0.25) is 0 Å². The standard InChI is InChI=1S/C14H20N2O/c1-17-13-7-5-6-12(10-13)11-14(15)16-8-3-2-4-9-16/h5-7,10,15H,2-4,8-9,11H2,1H3. The molecular weight excluding hydrogens is 212 g/mol. The van der Waals surface area contributed by atoms with Crippen molar-refractivity contribution in [3.8, 4) is 5.75 Å². The van der Waals surface area contributed by atoms with E-state index in [9.17, 15) is 0 Å². The third-order valence-corrected chi connectivity index (χ3v) is 3.24. The lowest BCUT2D eigenvalue weighted by atomic mass is 10.1. The monoisotopic (exact) mass is 232 g/mol. The molecule has 1 aromatic rings. The van der Waals surface area contributed by atoms with Crippen LogP contribution in [0.4, 0.5) is 0 Å². The van der Waals surface area contributed by atoms with Gasteiger partial charge in [0.1, 0.15) is 11.6 Å². The Morgan fingerprint density at radius 3 is 2.76 bits per heavy atom. The van der Waals surface area contributed by atoms with E-state index in [1.807, 2.05) is 18.2 Å². The van der Waals surface area contributed by atoms with Crippen molar-refractivity contribution < 1.29 is 4.74 Å². The van der Waals surface area contributed by atoms with Gasteiger partial charge in [0, 0.05) is 19.5 Å². The van der Waals surface area contributed by atoms with Crippen LogP contribution in [0.25, 0.3) is 0 Å². The number of ether oxygens (including phenoxy) is 1. The molecule has 1 aliphatic rings. The van der Waals surface area contributed by atoms with Gasteiger partial charge in [-0.25, -0.2) is 0 Å². The highest BCUT2D eigenvalue weighted by Crippen LogP contribution is 2.15. The fourth-order valence-corrected chi connectivity index (χ4v) is 2.25. The molecule has 0 bridgehead atoms. The number of nitrogens with one attached hydrogen (secondary N) is 1. The Balaban J connectivity index is 1.96. The van der Waals surface area contributed by atoms with Gasteiger partial charge in [0.25, 0.3) is 0 Å². The molecule has 0 spiro atoms. The topological polar surface area (TPSA) is 36.3 Å². The van der Waals surface area contributed by atoms with Crippen LogP contribution < -0.4 is 4.74 Å². The van der Waals surface area contributed by atoms with Crippen molar-refractivity contribution in [2.75, 3.05) is 20.2 Å². The molecule has 0 radical (unpaired) electrons. The Labute approximate surface area is 103 Å². The first kappa shape index (κ1) is 12.0. The van der Waals surface area contributed by atoms with E-state index in [0.717, 1.165) is 30.2 Å². The molecular formula is C14H20N2O. The molecule has 0 unspecified atom stereocenters. The summed E-state index contributed by atoms with van der Waals surface area (Å²) in [6.45, 7) is 2.09. The van der Waals surface area contributed by atoms with Gasteiger partial charge >= 0.3 is 0 Å². The number of hydrogen-bond acceptors (Lipinski definition) is 2. The number of methoxy groups -OCH3 is 1. The average Bonchev–Trinajstić information content (AvgIpc) is 2.40. The van der Waals surface area contributed by atoms with Gasteiger partial charge in [-0.05, 0) is 37.0 Å². The predicted molar refractivity (Wildman–Crippen MR) is 69.8 cm³/mol. The van der Waals surface area contributed by atoms with Gasteiger partial charge in [-0.2, -0.15) is 0 Å². The maximum Gasteiger partial charge on any atom is 0.119 e. The summed E-state index contributed by atoms with van der Waals surface area (Å²) < 4.78 is 5.20. The third kappa shape index (κ3) is 3.22. The van der Waals surface area contributed by atoms with Crippen LogP contribution in [0, 0.1) is 5.41 Å². The van der Waals surface area contributed by atoms with Crippen LogP contribution >= 0.6 is 0 Å². The molecule has 1 aromatic carbocycles. The van der Waals surface area contributed by atoms with Crippen LogP contribution in [0.5, 0.6) is 5.75 Å². The Bertz CT molecular complexity index is 384. The van der Waals surface area contributed by atoms with Crippen molar-refractivity contribution in [2.24, 2.45) is 0 Å². The zero-order valence-electron chi connectivity index (χ0n) is 10.4. The highest BCUT2D eigenvalue weighted by Gasteiger charge is 2.13. The summed E-state index contributed by atoms with van der Waals surface area (Å²) in [5.41, 5.74) is 1.15. The summed E-state index contributed by atoms with van der Waals surface area (Å²) in [6.07, 6.45) is 4.46. The van der Waals surface area contributed by atoms with Crippen LogP contribution in [-0.4, -0.2) is 30.9 Å². The first-order valence-corrected chi connectivity index (χ1v) is 6.25. The van der Waals surface area contributed by atoms with E-state index >= 15 is 0 Å². The summed E-state index contributed by atoms with van der Waals surface area (Å²) in [4.78, 5) is 2.20. The Morgan fingerprint density at radius 2 is 2.06 bits per heavy atom. The summed E-state index contributed by atoms with van der Waals surface area (Å²) >= 11 is 0. The largest absolute Gasteiger partial charge is 0.497 e. The highest BCUT2D eigenvalue weighted by molar-refractivity contribution is 5.81. The zero-order chi connectivity index (χ0) is 12.1. The molecule has 1 aliphatic heterocycles. The van der Waals surface area contributed by atoms with Crippen molar-refractivity contribution in [2.45, 2.75) is 25.7 Å². The molecule has 0 aliphatic carbocycles. The fourth-order valence-electron chi connectivity index (χ4n) is 2.25. The van der Waals surface area contributed by atoms with Crippen LogP contribution in [0.1, 0.15) is 24.8 Å². The molecule has 1 heterocycles. The van der Waals surface area contributed by atoms with E-state index in [1.165, 1.54) is 19.3 Å². The SMILES string of the molecule is COc1cccc(CC(=N)N2CCCCC2)c1. The van der Waals surface area contributed by atoms with Gasteiger partial charge in [-0.15, -0.1) is 0 Å². The normalized spacial score (nSPS) is 15.7. The Kier molecular flexibility index (Phi) is 4.02. The van der Waals surface area contributed by atoms with Gasteiger partial charge < -0.3 is 9.64 Å². The first-order chi connectivity index (χ1) is 8.29. The van der Waals surface area contributed by atoms with Crippen LogP contribution in [0.15, 0.2) is 24.3 Å². The van der Waals surface area contributed by atoms with Gasteiger partial charge in [-0.1, -0.05) is 12.1 Å². The molecule has 0 amide bonds. The number of piperidine rings is 1. The van der Waals surface area contributed by atoms with Gasteiger partial charge in [-0.3, -0.25) is 5.41 Å². The molecule has 0 aromatic heterocycles. The van der Waals surface area contributed by atoms with E-state index in [4.69, 9.17) is 10.1 Å². The molecule has 0 atom stereocenters. The van der Waals surface area contributed by atoms with E-state index < -0.39 is 0 Å². The van der Waals surface area contributed by atoms with E-state index in [1.54, 1.807) is 7.11 Å². The van der Waals surface area contributed by atoms with Crippen LogP contribution in [0.2, 0.25) is 0 Å². The second-order valence-electron chi connectivity index (χ2n) is 4.52. The molecule has 3 nitrogen and oxygen atoms in total. The van der Waals surface area contributed by atoms with Crippen molar-refractivity contribution in [1.82, 2.24) is 4.90 Å². The average molecular weight is 232 g/mol. The van der Waals surface area contributed by atoms with E-state index in [-0.39, 0.29) is 0 Å². The molecule has 1 saturated heterocycles. The first-order valence-electron chi connectivity index (χ1n) is 6.25. The predicted octanol–water partition coefficient (Wildman–Crippen LogP) is 2.70. The minimum atomic E-state index is 0.706. The number of benzene rings is 1. The smallest absolute Gasteiger partial charge is 0.119 e.